The third-order valence-electron chi connectivity index (χ3n) is 2.23. The van der Waals surface area contributed by atoms with Gasteiger partial charge in [-0.3, -0.25) is 0 Å². The molecule has 0 bridgehead atoms. The largest absolute Gasteiger partial charge is 0.416 e. The minimum absolute atomic E-state index is 0.327. The smallest absolute Gasteiger partial charge is 0.166 e. The maximum absolute atomic E-state index is 12.7. The zero-order chi connectivity index (χ0) is 12.3. The Kier molecular flexibility index (Phi) is 4.38. The van der Waals surface area contributed by atoms with E-state index in [-0.39, 0.29) is 0 Å². The van der Waals surface area contributed by atoms with E-state index in [0.717, 1.165) is 6.08 Å². The second-order valence-corrected chi connectivity index (χ2v) is 4.38. The average molecular weight is 218 g/mol. The van der Waals surface area contributed by atoms with E-state index in [4.69, 9.17) is 0 Å². The highest BCUT2D eigenvalue weighted by molar-refractivity contribution is 5.33. The molecule has 86 valence electrons. The lowest BCUT2D eigenvalue weighted by atomic mass is 9.84. The van der Waals surface area contributed by atoms with E-state index in [2.05, 4.69) is 6.58 Å². The van der Waals surface area contributed by atoms with Crippen LogP contribution in [0.5, 0.6) is 0 Å². The van der Waals surface area contributed by atoms with Crippen molar-refractivity contribution >= 4 is 0 Å². The zero-order valence-electron chi connectivity index (χ0n) is 9.57. The highest BCUT2D eigenvalue weighted by atomic mass is 19.4. The first-order valence-electron chi connectivity index (χ1n) is 4.68. The Morgan fingerprint density at radius 1 is 1.13 bits per heavy atom. The fourth-order valence-electron chi connectivity index (χ4n) is 1.00. The van der Waals surface area contributed by atoms with Crippen molar-refractivity contribution in [2.24, 2.45) is 5.41 Å². The molecule has 0 saturated heterocycles. The Balaban J connectivity index is 5.47. The van der Waals surface area contributed by atoms with Crippen LogP contribution in [0.1, 0.15) is 27.7 Å². The summed E-state index contributed by atoms with van der Waals surface area (Å²) in [6, 6.07) is 0. The van der Waals surface area contributed by atoms with E-state index in [0.29, 0.717) is 5.57 Å². The van der Waals surface area contributed by atoms with Crippen LogP contribution in [0.3, 0.4) is 0 Å². The van der Waals surface area contributed by atoms with Crippen LogP contribution in [0.2, 0.25) is 0 Å². The van der Waals surface area contributed by atoms with Crippen molar-refractivity contribution in [1.29, 1.82) is 0 Å². The Labute approximate surface area is 89.2 Å². The molecule has 0 rings (SSSR count). The highest BCUT2D eigenvalue weighted by Gasteiger charge is 2.35. The molecule has 0 N–H and O–H groups in total. The molecular formula is C12H17F3. The Morgan fingerprint density at radius 2 is 1.60 bits per heavy atom. The Morgan fingerprint density at radius 3 is 1.87 bits per heavy atom. The van der Waals surface area contributed by atoms with Crippen molar-refractivity contribution in [3.63, 3.8) is 0 Å². The molecule has 0 heterocycles. The second-order valence-electron chi connectivity index (χ2n) is 4.38. The summed E-state index contributed by atoms with van der Waals surface area (Å²) in [6.45, 7) is 10.1. The van der Waals surface area contributed by atoms with Gasteiger partial charge in [-0.25, -0.2) is 0 Å². The molecular weight excluding hydrogens is 201 g/mol. The third kappa shape index (κ3) is 4.36. The summed E-state index contributed by atoms with van der Waals surface area (Å²) in [7, 11) is 0. The fraction of sp³-hybridized carbons (Fsp3) is 0.500. The molecule has 3 heteroatoms. The zero-order valence-corrected chi connectivity index (χ0v) is 9.57. The van der Waals surface area contributed by atoms with E-state index in [9.17, 15) is 13.2 Å². The first-order chi connectivity index (χ1) is 6.60. The van der Waals surface area contributed by atoms with Gasteiger partial charge in [0.1, 0.15) is 0 Å². The van der Waals surface area contributed by atoms with Gasteiger partial charge >= 0.3 is 6.18 Å². The van der Waals surface area contributed by atoms with Crippen LogP contribution in [-0.4, -0.2) is 6.18 Å². The van der Waals surface area contributed by atoms with Gasteiger partial charge in [-0.15, -0.1) is 0 Å². The van der Waals surface area contributed by atoms with Gasteiger partial charge in [0, 0.05) is 0 Å². The second kappa shape index (κ2) is 4.69. The van der Waals surface area contributed by atoms with Gasteiger partial charge in [-0.1, -0.05) is 51.2 Å². The summed E-state index contributed by atoms with van der Waals surface area (Å²) in [6.07, 6.45) is -0.607. The van der Waals surface area contributed by atoms with Crippen LogP contribution in [0.15, 0.2) is 36.0 Å². The maximum atomic E-state index is 12.7. The van der Waals surface area contributed by atoms with E-state index in [1.54, 1.807) is 20.8 Å². The monoisotopic (exact) mass is 218 g/mol. The van der Waals surface area contributed by atoms with Crippen LogP contribution in [-0.2, 0) is 0 Å². The van der Waals surface area contributed by atoms with E-state index < -0.39 is 17.2 Å². The summed E-state index contributed by atoms with van der Waals surface area (Å²) in [4.78, 5) is 0. The van der Waals surface area contributed by atoms with Crippen LogP contribution < -0.4 is 0 Å². The quantitative estimate of drug-likeness (QED) is 0.591. The first kappa shape index (κ1) is 14.0. The topological polar surface area (TPSA) is 0 Å². The number of rotatable bonds is 2. The van der Waals surface area contributed by atoms with Crippen molar-refractivity contribution in [3.05, 3.63) is 36.0 Å². The lowest BCUT2D eigenvalue weighted by Gasteiger charge is -2.23. The van der Waals surface area contributed by atoms with Crippen molar-refractivity contribution in [2.45, 2.75) is 33.9 Å². The van der Waals surface area contributed by atoms with Crippen molar-refractivity contribution < 1.29 is 13.2 Å². The van der Waals surface area contributed by atoms with Crippen LogP contribution >= 0.6 is 0 Å². The van der Waals surface area contributed by atoms with Gasteiger partial charge in [0.25, 0.3) is 0 Å². The molecule has 0 aromatic carbocycles. The number of hydrogen-bond donors (Lipinski definition) is 0. The predicted molar refractivity (Wildman–Crippen MR) is 57.5 cm³/mol. The normalized spacial score (nSPS) is 15.4. The van der Waals surface area contributed by atoms with Crippen molar-refractivity contribution in [2.75, 3.05) is 0 Å². The minimum Gasteiger partial charge on any atom is -0.166 e. The molecule has 0 fully saturated rings. The molecule has 0 aliphatic heterocycles. The van der Waals surface area contributed by atoms with E-state index >= 15 is 0 Å². The molecule has 0 radical (unpaired) electrons. The molecule has 0 aromatic heterocycles. The molecule has 0 amide bonds. The average Bonchev–Trinajstić information content (AvgIpc) is 2.00. The SMILES string of the molecule is C=C/C=C\C(=C(/C)C(C)(C)C)C(F)(F)F. The molecule has 0 aromatic rings. The molecule has 0 spiro atoms. The summed E-state index contributed by atoms with van der Waals surface area (Å²) in [5.74, 6) is 0. The van der Waals surface area contributed by atoms with Crippen LogP contribution in [0.4, 0.5) is 13.2 Å². The van der Waals surface area contributed by atoms with Gasteiger partial charge in [-0.05, 0) is 12.3 Å². The molecule has 0 nitrogen and oxygen atoms in total. The summed E-state index contributed by atoms with van der Waals surface area (Å²) >= 11 is 0. The number of alkyl halides is 3. The Hall–Kier alpha value is -0.990. The summed E-state index contributed by atoms with van der Waals surface area (Å²) < 4.78 is 38.0. The Bertz CT molecular complexity index is 285. The maximum Gasteiger partial charge on any atom is 0.416 e. The van der Waals surface area contributed by atoms with E-state index in [1.165, 1.54) is 19.1 Å². The predicted octanol–water partition coefficient (Wildman–Crippen LogP) is 4.65. The van der Waals surface area contributed by atoms with Crippen LogP contribution in [0.25, 0.3) is 0 Å². The van der Waals surface area contributed by atoms with Gasteiger partial charge in [0.15, 0.2) is 0 Å². The third-order valence-corrected chi connectivity index (χ3v) is 2.23. The number of halogens is 3. The summed E-state index contributed by atoms with van der Waals surface area (Å²) in [5.41, 5.74) is -0.751. The molecule has 0 saturated carbocycles. The molecule has 15 heavy (non-hydrogen) atoms. The van der Waals surface area contributed by atoms with Crippen molar-refractivity contribution in [1.82, 2.24) is 0 Å². The van der Waals surface area contributed by atoms with Crippen molar-refractivity contribution in [3.8, 4) is 0 Å². The lowest BCUT2D eigenvalue weighted by Crippen LogP contribution is -2.18. The number of allylic oxidation sites excluding steroid dienone is 5. The fourth-order valence-corrected chi connectivity index (χ4v) is 1.00. The van der Waals surface area contributed by atoms with Crippen LogP contribution in [0, 0.1) is 5.41 Å². The summed E-state index contributed by atoms with van der Waals surface area (Å²) in [5, 5.41) is 0. The number of hydrogen-bond acceptors (Lipinski definition) is 0. The first-order valence-corrected chi connectivity index (χ1v) is 4.68. The molecule has 0 unspecified atom stereocenters. The standard InChI is InChI=1S/C12H17F3/c1-6-7-8-10(12(13,14)15)9(2)11(3,4)5/h6-8H,1H2,2-5H3/b8-7-,10-9-. The van der Waals surface area contributed by atoms with E-state index in [1.807, 2.05) is 0 Å². The molecule has 0 aliphatic rings. The van der Waals surface area contributed by atoms with Gasteiger partial charge in [0.05, 0.1) is 5.57 Å². The minimum atomic E-state index is -4.31. The van der Waals surface area contributed by atoms with Gasteiger partial charge in [-0.2, -0.15) is 13.2 Å². The molecule has 0 atom stereocenters. The highest BCUT2D eigenvalue weighted by Crippen LogP contribution is 2.36. The lowest BCUT2D eigenvalue weighted by molar-refractivity contribution is -0.0897. The van der Waals surface area contributed by atoms with Gasteiger partial charge < -0.3 is 0 Å². The van der Waals surface area contributed by atoms with Gasteiger partial charge in [0.2, 0.25) is 0 Å². The molecule has 0 aliphatic carbocycles.